The molecule has 0 aliphatic carbocycles. The van der Waals surface area contributed by atoms with Crippen LogP contribution in [0.2, 0.25) is 5.02 Å². The fraction of sp³-hybridized carbons (Fsp3) is 0.0625. The van der Waals surface area contributed by atoms with Gasteiger partial charge in [-0.15, -0.1) is 0 Å². The molecule has 1 N–H and O–H groups in total. The second-order valence-electron chi connectivity index (χ2n) is 4.66. The highest BCUT2D eigenvalue weighted by Gasteiger charge is 2.09. The molecular formula is C16H12ClN3O. The lowest BCUT2D eigenvalue weighted by Gasteiger charge is -2.07. The molecule has 0 unspecified atom stereocenters. The van der Waals surface area contributed by atoms with Crippen molar-refractivity contribution >= 4 is 34.2 Å². The molecule has 0 atom stereocenters. The van der Waals surface area contributed by atoms with Gasteiger partial charge < -0.3 is 5.32 Å². The minimum atomic E-state index is -0.274. The van der Waals surface area contributed by atoms with Gasteiger partial charge in [-0.1, -0.05) is 11.6 Å². The van der Waals surface area contributed by atoms with Gasteiger partial charge in [0.25, 0.3) is 5.91 Å². The second kappa shape index (κ2) is 5.50. The molecule has 104 valence electrons. The maximum atomic E-state index is 12.2. The Kier molecular flexibility index (Phi) is 3.54. The summed E-state index contributed by atoms with van der Waals surface area (Å²) in [4.78, 5) is 20.6. The van der Waals surface area contributed by atoms with Crippen LogP contribution >= 0.6 is 11.6 Å². The number of anilines is 1. The van der Waals surface area contributed by atoms with Crippen molar-refractivity contribution in [1.82, 2.24) is 9.97 Å². The maximum absolute atomic E-state index is 12.2. The van der Waals surface area contributed by atoms with Crippen LogP contribution in [0.4, 0.5) is 5.69 Å². The summed E-state index contributed by atoms with van der Waals surface area (Å²) in [5.41, 5.74) is 2.47. The van der Waals surface area contributed by atoms with Gasteiger partial charge in [-0.3, -0.25) is 4.79 Å². The number of carbonyl (C=O) groups excluding carboxylic acids is 1. The molecule has 21 heavy (non-hydrogen) atoms. The summed E-state index contributed by atoms with van der Waals surface area (Å²) in [6.45, 7) is 1.89. The Labute approximate surface area is 126 Å². The summed E-state index contributed by atoms with van der Waals surface area (Å²) in [7, 11) is 0. The highest BCUT2D eigenvalue weighted by Crippen LogP contribution is 2.20. The molecule has 0 aliphatic heterocycles. The molecule has 2 aromatic heterocycles. The van der Waals surface area contributed by atoms with Crippen LogP contribution in [-0.2, 0) is 0 Å². The van der Waals surface area contributed by atoms with Gasteiger partial charge in [0.15, 0.2) is 5.65 Å². The van der Waals surface area contributed by atoms with E-state index in [9.17, 15) is 4.79 Å². The number of hydrogen-bond acceptors (Lipinski definition) is 3. The van der Waals surface area contributed by atoms with Crippen LogP contribution in [0.5, 0.6) is 0 Å². The zero-order valence-corrected chi connectivity index (χ0v) is 12.1. The number of hydrogen-bond donors (Lipinski definition) is 1. The van der Waals surface area contributed by atoms with Crippen molar-refractivity contribution in [1.29, 1.82) is 0 Å². The van der Waals surface area contributed by atoms with Crippen LogP contribution in [0.25, 0.3) is 11.0 Å². The van der Waals surface area contributed by atoms with E-state index >= 15 is 0 Å². The van der Waals surface area contributed by atoms with E-state index in [-0.39, 0.29) is 5.91 Å². The van der Waals surface area contributed by atoms with Crippen molar-refractivity contribution in [3.8, 4) is 0 Å². The van der Waals surface area contributed by atoms with E-state index in [0.717, 1.165) is 10.9 Å². The van der Waals surface area contributed by atoms with Crippen molar-refractivity contribution in [3.63, 3.8) is 0 Å². The summed E-state index contributed by atoms with van der Waals surface area (Å²) in [5, 5.41) is 4.37. The molecule has 3 aromatic rings. The van der Waals surface area contributed by atoms with E-state index < -0.39 is 0 Å². The lowest BCUT2D eigenvalue weighted by molar-refractivity contribution is 0.102. The Bertz CT molecular complexity index is 833. The monoisotopic (exact) mass is 297 g/mol. The summed E-state index contributed by atoms with van der Waals surface area (Å²) in [6.07, 6.45) is 1.65. The number of aromatic nitrogens is 2. The molecule has 4 nitrogen and oxygen atoms in total. The van der Waals surface area contributed by atoms with Crippen LogP contribution in [0, 0.1) is 6.92 Å². The predicted octanol–water partition coefficient (Wildman–Crippen LogP) is 3.84. The zero-order chi connectivity index (χ0) is 14.8. The Hall–Kier alpha value is -2.46. The normalized spacial score (nSPS) is 10.6. The Morgan fingerprint density at radius 3 is 2.86 bits per heavy atom. The zero-order valence-electron chi connectivity index (χ0n) is 11.3. The number of nitrogens with one attached hydrogen (secondary N) is 1. The molecule has 0 spiro atoms. The standard InChI is InChI=1S/C16H12ClN3O/c1-10-9-12(5-6-13(10)17)19-16(21)14-7-4-11-3-2-8-18-15(11)20-14/h2-9H,1H3,(H,19,21). The van der Waals surface area contributed by atoms with E-state index in [1.54, 1.807) is 24.4 Å². The lowest BCUT2D eigenvalue weighted by atomic mass is 10.2. The average Bonchev–Trinajstić information content (AvgIpc) is 2.50. The van der Waals surface area contributed by atoms with Crippen molar-refractivity contribution < 1.29 is 4.79 Å². The number of carbonyl (C=O) groups is 1. The van der Waals surface area contributed by atoms with Gasteiger partial charge in [-0.2, -0.15) is 0 Å². The third kappa shape index (κ3) is 2.85. The first-order valence-electron chi connectivity index (χ1n) is 6.43. The van der Waals surface area contributed by atoms with Crippen molar-refractivity contribution in [2.75, 3.05) is 5.32 Å². The molecule has 1 amide bonds. The number of pyridine rings is 2. The molecule has 0 radical (unpaired) electrons. The fourth-order valence-corrected chi connectivity index (χ4v) is 2.11. The van der Waals surface area contributed by atoms with Crippen LogP contribution in [0.1, 0.15) is 16.1 Å². The number of aryl methyl sites for hydroxylation is 1. The molecule has 0 aliphatic rings. The highest BCUT2D eigenvalue weighted by atomic mass is 35.5. The van der Waals surface area contributed by atoms with E-state index in [0.29, 0.717) is 22.1 Å². The topological polar surface area (TPSA) is 54.9 Å². The molecule has 1 aromatic carbocycles. The van der Waals surface area contributed by atoms with Crippen LogP contribution in [0.3, 0.4) is 0 Å². The van der Waals surface area contributed by atoms with Crippen molar-refractivity contribution in [3.05, 3.63) is 64.9 Å². The molecule has 2 heterocycles. The van der Waals surface area contributed by atoms with Gasteiger partial charge in [-0.05, 0) is 55.0 Å². The minimum Gasteiger partial charge on any atom is -0.321 e. The summed E-state index contributed by atoms with van der Waals surface area (Å²) >= 11 is 5.97. The predicted molar refractivity (Wildman–Crippen MR) is 83.7 cm³/mol. The minimum absolute atomic E-state index is 0.274. The van der Waals surface area contributed by atoms with Gasteiger partial charge in [0, 0.05) is 22.3 Å². The van der Waals surface area contributed by atoms with Crippen LogP contribution < -0.4 is 5.32 Å². The van der Waals surface area contributed by atoms with Crippen LogP contribution in [-0.4, -0.2) is 15.9 Å². The van der Waals surface area contributed by atoms with Gasteiger partial charge in [0.1, 0.15) is 5.69 Å². The number of amides is 1. The quantitative estimate of drug-likeness (QED) is 0.782. The average molecular weight is 298 g/mol. The highest BCUT2D eigenvalue weighted by molar-refractivity contribution is 6.31. The van der Waals surface area contributed by atoms with Gasteiger partial charge >= 0.3 is 0 Å². The van der Waals surface area contributed by atoms with Crippen molar-refractivity contribution in [2.24, 2.45) is 0 Å². The van der Waals surface area contributed by atoms with Gasteiger partial charge in [-0.25, -0.2) is 9.97 Å². The van der Waals surface area contributed by atoms with Crippen LogP contribution in [0.15, 0.2) is 48.7 Å². The number of rotatable bonds is 2. The number of halogens is 1. The fourth-order valence-electron chi connectivity index (χ4n) is 2.00. The van der Waals surface area contributed by atoms with E-state index in [4.69, 9.17) is 11.6 Å². The van der Waals surface area contributed by atoms with E-state index in [2.05, 4.69) is 15.3 Å². The molecule has 3 rings (SSSR count). The molecule has 0 saturated heterocycles. The van der Waals surface area contributed by atoms with Gasteiger partial charge in [0.05, 0.1) is 0 Å². The first kappa shape index (κ1) is 13.5. The lowest BCUT2D eigenvalue weighted by Crippen LogP contribution is -2.13. The molecule has 0 fully saturated rings. The van der Waals surface area contributed by atoms with E-state index in [1.807, 2.05) is 31.2 Å². The number of fused-ring (bicyclic) bond motifs is 1. The molecule has 0 saturated carbocycles. The Morgan fingerprint density at radius 2 is 2.05 bits per heavy atom. The Balaban J connectivity index is 1.87. The summed E-state index contributed by atoms with van der Waals surface area (Å²) in [5.74, 6) is -0.274. The number of benzene rings is 1. The maximum Gasteiger partial charge on any atom is 0.274 e. The number of nitrogens with zero attached hydrogens (tertiary/aromatic N) is 2. The van der Waals surface area contributed by atoms with Crippen molar-refractivity contribution in [2.45, 2.75) is 6.92 Å². The first-order valence-corrected chi connectivity index (χ1v) is 6.80. The molecular weight excluding hydrogens is 286 g/mol. The smallest absolute Gasteiger partial charge is 0.274 e. The SMILES string of the molecule is Cc1cc(NC(=O)c2ccc3cccnc3n2)ccc1Cl. The molecule has 0 bridgehead atoms. The summed E-state index contributed by atoms with van der Waals surface area (Å²) in [6, 6.07) is 12.6. The third-order valence-corrected chi connectivity index (χ3v) is 3.54. The molecule has 5 heteroatoms. The van der Waals surface area contributed by atoms with Gasteiger partial charge in [0.2, 0.25) is 0 Å². The van der Waals surface area contributed by atoms with E-state index in [1.165, 1.54) is 0 Å². The second-order valence-corrected chi connectivity index (χ2v) is 5.07. The Morgan fingerprint density at radius 1 is 1.19 bits per heavy atom. The summed E-state index contributed by atoms with van der Waals surface area (Å²) < 4.78 is 0. The third-order valence-electron chi connectivity index (χ3n) is 3.11. The first-order chi connectivity index (χ1) is 10.1. The largest absolute Gasteiger partial charge is 0.321 e.